The van der Waals surface area contributed by atoms with Crippen LogP contribution in [0.25, 0.3) is 0 Å². The second kappa shape index (κ2) is 5.58. The second-order valence-electron chi connectivity index (χ2n) is 1.67. The summed E-state index contributed by atoms with van der Waals surface area (Å²) >= 11 is 3.60. The average Bonchev–Trinajstić information content (AvgIpc) is 1.88. The summed E-state index contributed by atoms with van der Waals surface area (Å²) in [4.78, 5) is 22.7. The van der Waals surface area contributed by atoms with E-state index >= 15 is 0 Å². The van der Waals surface area contributed by atoms with E-state index in [2.05, 4.69) is 11.8 Å². The van der Waals surface area contributed by atoms with Crippen LogP contribution < -0.4 is 0 Å². The fraction of sp³-hybridized carbons (Fsp3) is 0. The van der Waals surface area contributed by atoms with E-state index in [0.29, 0.717) is 0 Å². The Bertz CT molecular complexity index is 189. The Morgan fingerprint density at radius 3 is 1.45 bits per heavy atom. The summed E-state index contributed by atoms with van der Waals surface area (Å²) in [5.41, 5.74) is 0. The fourth-order valence-corrected chi connectivity index (χ4v) is 0.385. The van der Waals surface area contributed by atoms with Crippen LogP contribution in [0.1, 0.15) is 0 Å². The maximum absolute atomic E-state index is 7.56. The van der Waals surface area contributed by atoms with Gasteiger partial charge in [-0.25, -0.2) is 0 Å². The first-order valence-corrected chi connectivity index (χ1v) is 5.44. The zero-order valence-electron chi connectivity index (χ0n) is 5.66. The van der Waals surface area contributed by atoms with Crippen molar-refractivity contribution in [3.05, 3.63) is 30.1 Å². The summed E-state index contributed by atoms with van der Waals surface area (Å²) in [6.07, 6.45) is 0. The molecular formula is C5H8BO3PS. The van der Waals surface area contributed by atoms with Gasteiger partial charge in [0.1, 0.15) is 0 Å². The summed E-state index contributed by atoms with van der Waals surface area (Å²) < 4.78 is 0. The van der Waals surface area contributed by atoms with Crippen LogP contribution in [0.3, 0.4) is 0 Å². The molecule has 0 saturated heterocycles. The molecule has 1 aromatic heterocycles. The van der Waals surface area contributed by atoms with Crippen LogP contribution in [-0.4, -0.2) is 21.6 Å². The van der Waals surface area contributed by atoms with E-state index in [9.17, 15) is 0 Å². The molecule has 1 rings (SSSR count). The maximum atomic E-state index is 7.56. The van der Waals surface area contributed by atoms with Crippen LogP contribution in [0.15, 0.2) is 30.1 Å². The first-order valence-electron chi connectivity index (χ1n) is 2.78. The Hall–Kier alpha value is -0.0551. The Balaban J connectivity index is 0.000000187. The van der Waals surface area contributed by atoms with Gasteiger partial charge in [-0.3, -0.25) is 0 Å². The fourth-order valence-electron chi connectivity index (χ4n) is 0.385. The van der Waals surface area contributed by atoms with Crippen LogP contribution in [0, 0.1) is 0 Å². The molecule has 0 atom stereocenters. The number of hydrogen-bond donors (Lipinski definition) is 3. The topological polar surface area (TPSA) is 60.7 Å². The molecule has 0 aliphatic carbocycles. The third-order valence-corrected chi connectivity index (χ3v) is 0.667. The molecule has 11 heavy (non-hydrogen) atoms. The Kier molecular flexibility index (Phi) is 5.55. The van der Waals surface area contributed by atoms with Gasteiger partial charge in [0.15, 0.2) is 0 Å². The number of rotatable bonds is 0. The molecule has 0 saturated carbocycles. The third-order valence-electron chi connectivity index (χ3n) is 0.667. The second-order valence-corrected chi connectivity index (χ2v) is 4.16. The molecule has 3 N–H and O–H groups in total. The van der Waals surface area contributed by atoms with Crippen molar-refractivity contribution in [2.24, 2.45) is 0 Å². The molecule has 0 bridgehead atoms. The van der Waals surface area contributed by atoms with Gasteiger partial charge in [-0.2, -0.15) is 0 Å². The zero-order valence-corrected chi connectivity index (χ0v) is 7.37. The molecular weight excluding hydrogens is 182 g/mol. The zero-order chi connectivity index (χ0) is 8.74. The van der Waals surface area contributed by atoms with E-state index in [1.54, 1.807) is 0 Å². The van der Waals surface area contributed by atoms with E-state index in [1.165, 1.54) is 0 Å². The molecule has 3 nitrogen and oxygen atoms in total. The molecule has 0 aliphatic heterocycles. The van der Waals surface area contributed by atoms with Crippen molar-refractivity contribution in [2.75, 3.05) is 0 Å². The van der Waals surface area contributed by atoms with Gasteiger partial charge in [0.25, 0.3) is 0 Å². The molecule has 0 unspecified atom stereocenters. The quantitative estimate of drug-likeness (QED) is 0.512. The summed E-state index contributed by atoms with van der Waals surface area (Å²) in [5.74, 6) is 4.00. The first-order chi connectivity index (χ1) is 5.00. The molecule has 0 aromatic carbocycles. The molecule has 0 amide bonds. The molecule has 0 spiro atoms. The predicted molar refractivity (Wildman–Crippen MR) is 48.7 cm³/mol. The van der Waals surface area contributed by atoms with Gasteiger partial charge in [-0.05, 0) is 11.8 Å². The summed E-state index contributed by atoms with van der Waals surface area (Å²) in [6.45, 7) is -1.81. The van der Waals surface area contributed by atoms with Gasteiger partial charge in [0.2, 0.25) is 0 Å². The Labute approximate surface area is 70.8 Å². The van der Waals surface area contributed by atoms with Gasteiger partial charge in [-0.15, -0.1) is 0 Å². The summed E-state index contributed by atoms with van der Waals surface area (Å²) in [7, 11) is 0. The third kappa shape index (κ3) is 17.8. The van der Waals surface area contributed by atoms with Gasteiger partial charge in [0.05, 0.1) is 0 Å². The normalized spacial score (nSPS) is 9.36. The van der Waals surface area contributed by atoms with Crippen molar-refractivity contribution < 1.29 is 14.7 Å². The minimum absolute atomic E-state index is 2.00. The predicted octanol–water partition coefficient (Wildman–Crippen LogP) is 0.212. The van der Waals surface area contributed by atoms with Gasteiger partial charge in [0, 0.05) is 0 Å². The van der Waals surface area contributed by atoms with Crippen molar-refractivity contribution in [2.45, 2.75) is 0 Å². The minimum atomic E-state index is -3.81. The summed E-state index contributed by atoms with van der Waals surface area (Å²) in [6, 6.07) is 6.00. The monoisotopic (exact) mass is 190 g/mol. The molecule has 6 heteroatoms. The van der Waals surface area contributed by atoms with Gasteiger partial charge >= 0.3 is 43.8 Å². The van der Waals surface area contributed by atoms with E-state index in [1.807, 2.05) is 37.0 Å². The van der Waals surface area contributed by atoms with Crippen LogP contribution in [0.2, 0.25) is 0 Å². The molecule has 0 aliphatic rings. The van der Waals surface area contributed by atoms with E-state index in [0.717, 1.165) is 0 Å². The van der Waals surface area contributed by atoms with Gasteiger partial charge < -0.3 is 14.7 Å². The average molecular weight is 190 g/mol. The summed E-state index contributed by atoms with van der Waals surface area (Å²) in [5, 5.41) is 0. The molecule has 1 heterocycles. The van der Waals surface area contributed by atoms with Gasteiger partial charge in [-0.1, -0.05) is 0 Å². The van der Waals surface area contributed by atoms with Crippen molar-refractivity contribution in [1.82, 2.24) is 0 Å². The van der Waals surface area contributed by atoms with Crippen LogP contribution in [0.5, 0.6) is 0 Å². The van der Waals surface area contributed by atoms with Crippen LogP contribution in [-0.2, 0) is 11.8 Å². The first kappa shape index (κ1) is 10.9. The van der Waals surface area contributed by atoms with Crippen LogP contribution in [0.4, 0.5) is 0 Å². The van der Waals surface area contributed by atoms with Crippen molar-refractivity contribution in [1.29, 1.82) is 0 Å². The SMILES string of the molecule is OP(O)(O)=S.b1ccccc1. The van der Waals surface area contributed by atoms with Crippen molar-refractivity contribution in [3.63, 3.8) is 0 Å². The molecule has 60 valence electrons. The van der Waals surface area contributed by atoms with Crippen molar-refractivity contribution >= 4 is 25.4 Å². The molecule has 0 radical (unpaired) electrons. The van der Waals surface area contributed by atoms with E-state index in [4.69, 9.17) is 14.7 Å². The Morgan fingerprint density at radius 1 is 1.00 bits per heavy atom. The Morgan fingerprint density at radius 2 is 1.36 bits per heavy atom. The van der Waals surface area contributed by atoms with Crippen molar-refractivity contribution in [3.8, 4) is 0 Å². The van der Waals surface area contributed by atoms with E-state index < -0.39 is 6.72 Å². The van der Waals surface area contributed by atoms with E-state index in [-0.39, 0.29) is 0 Å². The number of hydrogen-bond acceptors (Lipinski definition) is 1. The van der Waals surface area contributed by atoms with Crippen LogP contribution >= 0.6 is 6.72 Å². The molecule has 1 aromatic rings. The molecule has 0 fully saturated rings. The standard InChI is InChI=1S/C5H5B.H3O3PS/c1-2-4-6-5-3-1;1-4(2,3)5/h1-5H;(H3,1,2,3,5).